The number of hydrogen-bond acceptors (Lipinski definition) is 5. The van der Waals surface area contributed by atoms with Crippen molar-refractivity contribution in [1.82, 2.24) is 30.0 Å². The van der Waals surface area contributed by atoms with Gasteiger partial charge in [0.25, 0.3) is 0 Å². The molecule has 0 radical (unpaired) electrons. The Morgan fingerprint density at radius 2 is 1.90 bits per heavy atom. The van der Waals surface area contributed by atoms with Crippen molar-refractivity contribution in [2.75, 3.05) is 0 Å². The van der Waals surface area contributed by atoms with E-state index < -0.39 is 14.2 Å². The van der Waals surface area contributed by atoms with Crippen LogP contribution in [0.25, 0.3) is 0 Å². The Morgan fingerprint density at radius 3 is 2.38 bits per heavy atom. The van der Waals surface area contributed by atoms with Gasteiger partial charge in [-0.05, 0) is 6.42 Å². The van der Waals surface area contributed by atoms with E-state index in [0.29, 0.717) is 12.1 Å². The van der Waals surface area contributed by atoms with Gasteiger partial charge in [0.05, 0.1) is 18.1 Å². The molecular weight excluding hydrogens is 385 g/mol. The highest BCUT2D eigenvalue weighted by Gasteiger charge is 2.52. The highest BCUT2D eigenvalue weighted by molar-refractivity contribution is 6.75. The summed E-state index contributed by atoms with van der Waals surface area (Å²) in [5.41, 5.74) is 0.286. The maximum Gasteiger partial charge on any atom is 0.372 e. The standard InChI is InChI=1S/C9H7Cl5N6O/c1-2-5-6(8(10,11)9(12,13)14)20(18-16-5)7(21)19-4-3-15-17-19/h3-4H,2H2,1H3. The fourth-order valence-electron chi connectivity index (χ4n) is 1.54. The topological polar surface area (TPSA) is 78.5 Å². The lowest BCUT2D eigenvalue weighted by Crippen LogP contribution is -2.35. The highest BCUT2D eigenvalue weighted by atomic mass is 35.6. The number of rotatable bonds is 2. The minimum Gasteiger partial charge on any atom is -0.243 e. The van der Waals surface area contributed by atoms with Crippen molar-refractivity contribution in [1.29, 1.82) is 0 Å². The molecule has 2 rings (SSSR count). The Hall–Kier alpha value is -0.600. The first-order valence-electron chi connectivity index (χ1n) is 5.50. The number of halogens is 5. The SMILES string of the molecule is CCc1nnn(C(=O)n2ccnn2)c1C(Cl)(Cl)C(Cl)(Cl)Cl. The molecule has 0 atom stereocenters. The second-order valence-corrected chi connectivity index (χ2v) is 7.46. The molecule has 0 aromatic carbocycles. The maximum absolute atomic E-state index is 12.3. The van der Waals surface area contributed by atoms with E-state index in [0.717, 1.165) is 9.36 Å². The van der Waals surface area contributed by atoms with Gasteiger partial charge in [-0.2, -0.15) is 9.36 Å². The molecule has 21 heavy (non-hydrogen) atoms. The van der Waals surface area contributed by atoms with Crippen molar-refractivity contribution in [3.05, 3.63) is 23.8 Å². The molecule has 0 amide bonds. The number of carbonyl (C=O) groups is 1. The molecular formula is C9H7Cl5N6O. The van der Waals surface area contributed by atoms with Crippen LogP contribution in [0.15, 0.2) is 12.4 Å². The fraction of sp³-hybridized carbons (Fsp3) is 0.444. The molecule has 0 spiro atoms. The summed E-state index contributed by atoms with van der Waals surface area (Å²) < 4.78 is -2.40. The lowest BCUT2D eigenvalue weighted by Gasteiger charge is -2.27. The smallest absolute Gasteiger partial charge is 0.243 e. The number of hydrogen-bond donors (Lipinski definition) is 0. The number of aromatic nitrogens is 6. The van der Waals surface area contributed by atoms with Gasteiger partial charge in [-0.25, -0.2) is 4.79 Å². The third kappa shape index (κ3) is 2.98. The van der Waals surface area contributed by atoms with Crippen molar-refractivity contribution in [2.45, 2.75) is 21.5 Å². The summed E-state index contributed by atoms with van der Waals surface area (Å²) in [4.78, 5) is 12.3. The molecule has 2 aromatic heterocycles. The third-order valence-electron chi connectivity index (χ3n) is 2.53. The molecule has 0 unspecified atom stereocenters. The molecule has 0 bridgehead atoms. The van der Waals surface area contributed by atoms with Crippen LogP contribution in [0.4, 0.5) is 4.79 Å². The van der Waals surface area contributed by atoms with Crippen LogP contribution >= 0.6 is 58.0 Å². The molecule has 2 heterocycles. The first kappa shape index (κ1) is 16.8. The normalized spacial score (nSPS) is 12.7. The Balaban J connectivity index is 2.60. The zero-order chi connectivity index (χ0) is 15.8. The molecule has 0 aliphatic carbocycles. The van der Waals surface area contributed by atoms with Crippen molar-refractivity contribution in [3.63, 3.8) is 0 Å². The average molecular weight is 392 g/mol. The monoisotopic (exact) mass is 390 g/mol. The molecule has 0 N–H and O–H groups in total. The van der Waals surface area contributed by atoms with Gasteiger partial charge in [-0.15, -0.1) is 10.2 Å². The average Bonchev–Trinajstić information content (AvgIpc) is 3.05. The van der Waals surface area contributed by atoms with Gasteiger partial charge in [0.2, 0.25) is 8.13 Å². The van der Waals surface area contributed by atoms with E-state index in [9.17, 15) is 4.79 Å². The molecule has 0 saturated carbocycles. The summed E-state index contributed by atoms with van der Waals surface area (Å²) in [5, 5.41) is 14.6. The molecule has 114 valence electrons. The van der Waals surface area contributed by atoms with Crippen LogP contribution < -0.4 is 0 Å². The fourth-order valence-corrected chi connectivity index (χ4v) is 2.19. The van der Waals surface area contributed by atoms with Crippen LogP contribution in [0.3, 0.4) is 0 Å². The van der Waals surface area contributed by atoms with Crippen LogP contribution in [-0.2, 0) is 10.8 Å². The van der Waals surface area contributed by atoms with Crippen LogP contribution in [0.5, 0.6) is 0 Å². The Kier molecular flexibility index (Phi) is 4.70. The molecule has 0 saturated heterocycles. The predicted molar refractivity (Wildman–Crippen MR) is 79.3 cm³/mol. The van der Waals surface area contributed by atoms with Gasteiger partial charge >= 0.3 is 6.03 Å². The van der Waals surface area contributed by atoms with Crippen molar-refractivity contribution >= 4 is 64.0 Å². The van der Waals surface area contributed by atoms with Gasteiger partial charge in [-0.1, -0.05) is 75.4 Å². The van der Waals surface area contributed by atoms with Crippen LogP contribution in [0, 0.1) is 0 Å². The molecule has 0 aliphatic heterocycles. The first-order valence-corrected chi connectivity index (χ1v) is 7.39. The minimum absolute atomic E-state index is 0.0335. The largest absolute Gasteiger partial charge is 0.372 e. The summed E-state index contributed by atoms with van der Waals surface area (Å²) >= 11 is 29.7. The van der Waals surface area contributed by atoms with E-state index in [1.54, 1.807) is 6.92 Å². The van der Waals surface area contributed by atoms with E-state index >= 15 is 0 Å². The lowest BCUT2D eigenvalue weighted by molar-refractivity contribution is 0.236. The highest BCUT2D eigenvalue weighted by Crippen LogP contribution is 2.53. The van der Waals surface area contributed by atoms with Gasteiger partial charge in [0.15, 0.2) is 0 Å². The maximum atomic E-state index is 12.3. The van der Waals surface area contributed by atoms with Gasteiger partial charge in [-0.3, -0.25) is 0 Å². The van der Waals surface area contributed by atoms with Crippen LogP contribution in [-0.4, -0.2) is 39.8 Å². The quantitative estimate of drug-likeness (QED) is 0.735. The zero-order valence-corrected chi connectivity index (χ0v) is 14.1. The number of nitrogens with zero attached hydrogens (tertiary/aromatic N) is 6. The van der Waals surface area contributed by atoms with Gasteiger partial charge in [0, 0.05) is 0 Å². The summed E-state index contributed by atoms with van der Waals surface area (Å²) in [6.45, 7) is 1.76. The minimum atomic E-state index is -2.11. The molecule has 0 fully saturated rings. The number of alkyl halides is 5. The van der Waals surface area contributed by atoms with E-state index in [1.807, 2.05) is 0 Å². The van der Waals surface area contributed by atoms with Gasteiger partial charge < -0.3 is 0 Å². The molecule has 2 aromatic rings. The van der Waals surface area contributed by atoms with Crippen LogP contribution in [0.1, 0.15) is 18.3 Å². The Bertz CT molecular complexity index is 646. The number of aryl methyl sites for hydroxylation is 1. The second kappa shape index (κ2) is 5.89. The Morgan fingerprint density at radius 1 is 1.24 bits per heavy atom. The molecule has 7 nitrogen and oxygen atoms in total. The van der Waals surface area contributed by atoms with E-state index in [-0.39, 0.29) is 5.69 Å². The summed E-state index contributed by atoms with van der Waals surface area (Å²) in [6.07, 6.45) is 3.01. The van der Waals surface area contributed by atoms with E-state index in [4.69, 9.17) is 58.0 Å². The number of carbonyl (C=O) groups excluding carboxylic acids is 1. The zero-order valence-electron chi connectivity index (χ0n) is 10.3. The summed E-state index contributed by atoms with van der Waals surface area (Å²) in [5.74, 6) is 0. The molecule has 0 aliphatic rings. The van der Waals surface area contributed by atoms with Crippen molar-refractivity contribution < 1.29 is 4.79 Å². The van der Waals surface area contributed by atoms with E-state index in [1.165, 1.54) is 12.4 Å². The first-order chi connectivity index (χ1) is 9.70. The van der Waals surface area contributed by atoms with Crippen LogP contribution in [0.2, 0.25) is 0 Å². The third-order valence-corrected chi connectivity index (χ3v) is 4.88. The second-order valence-electron chi connectivity index (χ2n) is 3.85. The van der Waals surface area contributed by atoms with E-state index in [2.05, 4.69) is 20.6 Å². The van der Waals surface area contributed by atoms with Crippen molar-refractivity contribution in [3.8, 4) is 0 Å². The van der Waals surface area contributed by atoms with Crippen molar-refractivity contribution in [2.24, 2.45) is 0 Å². The summed E-state index contributed by atoms with van der Waals surface area (Å²) in [7, 11) is 0. The Labute approximate surface area is 144 Å². The summed E-state index contributed by atoms with van der Waals surface area (Å²) in [6, 6.07) is -0.713. The molecule has 12 heteroatoms. The lowest BCUT2D eigenvalue weighted by atomic mass is 10.2. The van der Waals surface area contributed by atoms with Gasteiger partial charge in [0.1, 0.15) is 5.69 Å². The predicted octanol–water partition coefficient (Wildman–Crippen LogP) is 2.95.